The number of benzene rings is 1. The van der Waals surface area contributed by atoms with E-state index < -0.39 is 12.0 Å². The summed E-state index contributed by atoms with van der Waals surface area (Å²) in [5.74, 6) is -0.946. The van der Waals surface area contributed by atoms with E-state index in [1.807, 2.05) is 0 Å². The van der Waals surface area contributed by atoms with Gasteiger partial charge in [0.05, 0.1) is 23.9 Å². The Morgan fingerprint density at radius 1 is 1.28 bits per heavy atom. The van der Waals surface area contributed by atoms with E-state index in [4.69, 9.17) is 4.74 Å². The second-order valence-electron chi connectivity index (χ2n) is 5.90. The number of hydrogen-bond donors (Lipinski definition) is 2. The van der Waals surface area contributed by atoms with Crippen molar-refractivity contribution in [3.63, 3.8) is 0 Å². The Balaban J connectivity index is 2.13. The van der Waals surface area contributed by atoms with Gasteiger partial charge >= 0.3 is 5.97 Å². The quantitative estimate of drug-likeness (QED) is 0.596. The molecule has 0 bridgehead atoms. The zero-order valence-electron chi connectivity index (χ0n) is 14.9. The lowest BCUT2D eigenvalue weighted by Gasteiger charge is -2.13. The van der Waals surface area contributed by atoms with Gasteiger partial charge in [-0.1, -0.05) is 18.2 Å². The second-order valence-corrected chi connectivity index (χ2v) is 5.90. The maximum Gasteiger partial charge on any atom is 0.340 e. The van der Waals surface area contributed by atoms with E-state index in [1.54, 1.807) is 45.9 Å². The Morgan fingerprint density at radius 2 is 1.96 bits per heavy atom. The predicted molar refractivity (Wildman–Crippen MR) is 93.3 cm³/mol. The number of esters is 1. The monoisotopic (exact) mass is 346 g/mol. The average Bonchev–Trinajstić information content (AvgIpc) is 2.88. The largest absolute Gasteiger partial charge is 0.462 e. The molecule has 1 aromatic carbocycles. The molecule has 6 heteroatoms. The smallest absolute Gasteiger partial charge is 0.340 e. The van der Waals surface area contributed by atoms with Gasteiger partial charge in [-0.2, -0.15) is 0 Å². The first-order valence-electron chi connectivity index (χ1n) is 8.24. The molecule has 1 atom stereocenters. The number of rotatable bonds is 7. The van der Waals surface area contributed by atoms with Crippen LogP contribution in [-0.4, -0.2) is 29.4 Å². The minimum atomic E-state index is -0.536. The zero-order chi connectivity index (χ0) is 18.6. The minimum absolute atomic E-state index is 0.188. The molecule has 1 heterocycles. The van der Waals surface area contributed by atoms with Gasteiger partial charge in [0, 0.05) is 17.8 Å². The summed E-state index contributed by atoms with van der Waals surface area (Å²) in [7, 11) is 0. The number of aryl methyl sites for hydroxylation is 1. The molecule has 0 amide bonds. The lowest BCUT2D eigenvalue weighted by molar-refractivity contribution is 0.0525. The van der Waals surface area contributed by atoms with E-state index >= 15 is 0 Å². The van der Waals surface area contributed by atoms with Crippen LogP contribution in [0.1, 0.15) is 51.5 Å². The number of hydrogen-bond acceptors (Lipinski definition) is 4. The topological polar surface area (TPSA) is 71.2 Å². The van der Waals surface area contributed by atoms with Crippen LogP contribution in [0.3, 0.4) is 0 Å². The van der Waals surface area contributed by atoms with Crippen molar-refractivity contribution in [2.24, 2.45) is 0 Å². The highest BCUT2D eigenvalue weighted by Gasteiger charge is 2.25. The fourth-order valence-electron chi connectivity index (χ4n) is 2.72. The van der Waals surface area contributed by atoms with Gasteiger partial charge in [-0.25, -0.2) is 9.18 Å². The summed E-state index contributed by atoms with van der Waals surface area (Å²) in [5, 5.41) is 3.02. The van der Waals surface area contributed by atoms with E-state index in [2.05, 4.69) is 10.3 Å². The van der Waals surface area contributed by atoms with E-state index in [0.29, 0.717) is 28.1 Å². The zero-order valence-corrected chi connectivity index (χ0v) is 14.9. The van der Waals surface area contributed by atoms with Gasteiger partial charge in [0.1, 0.15) is 5.82 Å². The van der Waals surface area contributed by atoms with Crippen LogP contribution in [0, 0.1) is 19.7 Å². The Labute approximate surface area is 146 Å². The van der Waals surface area contributed by atoms with Crippen molar-refractivity contribution >= 4 is 11.8 Å². The van der Waals surface area contributed by atoms with Crippen LogP contribution in [0.4, 0.5) is 4.39 Å². The first-order chi connectivity index (χ1) is 11.9. The Hall–Kier alpha value is -2.47. The molecular weight excluding hydrogens is 323 g/mol. The summed E-state index contributed by atoms with van der Waals surface area (Å²) >= 11 is 0. The van der Waals surface area contributed by atoms with E-state index in [1.165, 1.54) is 6.07 Å². The maximum atomic E-state index is 13.7. The molecule has 2 rings (SSSR count). The summed E-state index contributed by atoms with van der Waals surface area (Å²) in [6.45, 7) is 7.40. The molecule has 5 nitrogen and oxygen atoms in total. The molecule has 0 spiro atoms. The van der Waals surface area contributed by atoms with Crippen molar-refractivity contribution in [2.45, 2.75) is 40.3 Å². The van der Waals surface area contributed by atoms with Crippen LogP contribution >= 0.6 is 0 Å². The number of aromatic nitrogens is 1. The van der Waals surface area contributed by atoms with Gasteiger partial charge in [0.15, 0.2) is 5.78 Å². The number of carbonyl (C=O) groups is 2. The van der Waals surface area contributed by atoms with Crippen molar-refractivity contribution in [3.05, 3.63) is 58.2 Å². The Bertz CT molecular complexity index is 783. The highest BCUT2D eigenvalue weighted by molar-refractivity contribution is 6.03. The maximum absolute atomic E-state index is 13.7. The predicted octanol–water partition coefficient (Wildman–Crippen LogP) is 3.31. The molecular formula is C19H23FN2O3. The number of H-pyrrole nitrogens is 1. The van der Waals surface area contributed by atoms with Crippen LogP contribution in [0.25, 0.3) is 0 Å². The molecule has 0 radical (unpaired) electrons. The molecule has 0 aliphatic rings. The Morgan fingerprint density at radius 3 is 2.60 bits per heavy atom. The molecule has 2 aromatic rings. The third-order valence-corrected chi connectivity index (χ3v) is 4.11. The Kier molecular flexibility index (Phi) is 6.09. The van der Waals surface area contributed by atoms with Gasteiger partial charge in [-0.3, -0.25) is 4.79 Å². The molecule has 0 unspecified atom stereocenters. The SMILES string of the molecule is CCOC(=O)c1c(C)[nH]c(C(=O)[C@@H](C)NCc2ccccc2F)c1C. The van der Waals surface area contributed by atoms with Crippen molar-refractivity contribution in [2.75, 3.05) is 6.61 Å². The van der Waals surface area contributed by atoms with Crippen molar-refractivity contribution < 1.29 is 18.7 Å². The van der Waals surface area contributed by atoms with Crippen molar-refractivity contribution in [3.8, 4) is 0 Å². The van der Waals surface area contributed by atoms with Gasteiger partial charge in [-0.15, -0.1) is 0 Å². The summed E-state index contributed by atoms with van der Waals surface area (Å²) in [5.41, 5.74) is 2.43. The molecule has 134 valence electrons. The van der Waals surface area contributed by atoms with Crippen LogP contribution in [0.2, 0.25) is 0 Å². The number of halogens is 1. The minimum Gasteiger partial charge on any atom is -0.462 e. The fourth-order valence-corrected chi connectivity index (χ4v) is 2.72. The lowest BCUT2D eigenvalue weighted by atomic mass is 10.0. The van der Waals surface area contributed by atoms with Gasteiger partial charge in [0.2, 0.25) is 0 Å². The molecule has 2 N–H and O–H groups in total. The summed E-state index contributed by atoms with van der Waals surface area (Å²) < 4.78 is 18.7. The molecule has 25 heavy (non-hydrogen) atoms. The van der Waals surface area contributed by atoms with Crippen molar-refractivity contribution in [1.82, 2.24) is 10.3 Å². The number of aromatic amines is 1. The molecule has 0 aliphatic heterocycles. The normalized spacial score (nSPS) is 12.0. The van der Waals surface area contributed by atoms with Gasteiger partial charge < -0.3 is 15.0 Å². The number of ketones is 1. The lowest BCUT2D eigenvalue weighted by Crippen LogP contribution is -2.34. The summed E-state index contributed by atoms with van der Waals surface area (Å²) in [6.07, 6.45) is 0. The number of carbonyl (C=O) groups excluding carboxylic acids is 2. The van der Waals surface area contributed by atoms with Gasteiger partial charge in [0.25, 0.3) is 0 Å². The third-order valence-electron chi connectivity index (χ3n) is 4.11. The van der Waals surface area contributed by atoms with Crippen LogP contribution < -0.4 is 5.32 Å². The first kappa shape index (κ1) is 18.9. The van der Waals surface area contributed by atoms with E-state index in [9.17, 15) is 14.0 Å². The highest BCUT2D eigenvalue weighted by Crippen LogP contribution is 2.20. The molecule has 0 saturated heterocycles. The third kappa shape index (κ3) is 4.14. The molecule has 0 aliphatic carbocycles. The summed E-state index contributed by atoms with van der Waals surface area (Å²) in [6, 6.07) is 5.88. The molecule has 1 aromatic heterocycles. The molecule has 0 saturated carbocycles. The number of Topliss-reactive ketones (excluding diaryl/α,β-unsaturated/α-hetero) is 1. The van der Waals surface area contributed by atoms with E-state index in [0.717, 1.165) is 0 Å². The molecule has 0 fully saturated rings. The highest BCUT2D eigenvalue weighted by atomic mass is 19.1. The standard InChI is InChI=1S/C19H23FN2O3/c1-5-25-19(24)16-11(2)17(22-12(16)3)18(23)13(4)21-10-14-8-6-7-9-15(14)20/h6-9,13,21-22H,5,10H2,1-4H3/t13-/m1/s1. The average molecular weight is 346 g/mol. The van der Waals surface area contributed by atoms with Crippen LogP contribution in [-0.2, 0) is 11.3 Å². The first-order valence-corrected chi connectivity index (χ1v) is 8.24. The van der Waals surface area contributed by atoms with Crippen LogP contribution in [0.15, 0.2) is 24.3 Å². The van der Waals surface area contributed by atoms with Crippen molar-refractivity contribution in [1.29, 1.82) is 0 Å². The summed E-state index contributed by atoms with van der Waals surface area (Å²) in [4.78, 5) is 27.7. The second kappa shape index (κ2) is 8.07. The number of nitrogens with one attached hydrogen (secondary N) is 2. The number of ether oxygens (including phenoxy) is 1. The van der Waals surface area contributed by atoms with Gasteiger partial charge in [-0.05, 0) is 39.3 Å². The fraction of sp³-hybridized carbons (Fsp3) is 0.368. The van der Waals surface area contributed by atoms with E-state index in [-0.39, 0.29) is 24.8 Å². The van der Waals surface area contributed by atoms with Crippen LogP contribution in [0.5, 0.6) is 0 Å².